The summed E-state index contributed by atoms with van der Waals surface area (Å²) in [5, 5.41) is 5.49. The van der Waals surface area contributed by atoms with Crippen molar-refractivity contribution in [2.45, 2.75) is 19.8 Å². The first kappa shape index (κ1) is 17.5. The lowest BCUT2D eigenvalue weighted by Gasteiger charge is -2.17. The van der Waals surface area contributed by atoms with Crippen LogP contribution in [-0.2, 0) is 0 Å². The summed E-state index contributed by atoms with van der Waals surface area (Å²) in [7, 11) is 1.80. The zero-order valence-electron chi connectivity index (χ0n) is 14.1. The molecule has 0 saturated heterocycles. The van der Waals surface area contributed by atoms with Crippen LogP contribution < -0.4 is 10.6 Å². The van der Waals surface area contributed by atoms with Gasteiger partial charge in [-0.25, -0.2) is 4.79 Å². The van der Waals surface area contributed by atoms with Crippen LogP contribution in [0.15, 0.2) is 54.6 Å². The first-order chi connectivity index (χ1) is 11.6. The first-order valence-electron chi connectivity index (χ1n) is 8.08. The van der Waals surface area contributed by atoms with Gasteiger partial charge in [-0.05, 0) is 42.8 Å². The molecule has 0 aromatic heterocycles. The minimum Gasteiger partial charge on any atom is -0.342 e. The summed E-state index contributed by atoms with van der Waals surface area (Å²) in [6.45, 7) is 2.84. The molecule has 0 heterocycles. The fourth-order valence-corrected chi connectivity index (χ4v) is 2.23. The van der Waals surface area contributed by atoms with Crippen LogP contribution in [-0.4, -0.2) is 30.4 Å². The van der Waals surface area contributed by atoms with Crippen LogP contribution in [0.3, 0.4) is 0 Å². The molecule has 5 nitrogen and oxygen atoms in total. The second-order valence-corrected chi connectivity index (χ2v) is 5.60. The Labute approximate surface area is 142 Å². The van der Waals surface area contributed by atoms with E-state index in [0.29, 0.717) is 11.3 Å². The Morgan fingerprint density at radius 2 is 1.50 bits per heavy atom. The summed E-state index contributed by atoms with van der Waals surface area (Å²) in [6.07, 6.45) is 2.04. The molecule has 0 saturated carbocycles. The van der Waals surface area contributed by atoms with Gasteiger partial charge in [0, 0.05) is 30.5 Å². The molecule has 2 rings (SSSR count). The third kappa shape index (κ3) is 5.12. The number of hydrogen-bond acceptors (Lipinski definition) is 2. The minimum atomic E-state index is -0.319. The molecule has 3 amide bonds. The van der Waals surface area contributed by atoms with Gasteiger partial charge >= 0.3 is 6.03 Å². The molecule has 0 atom stereocenters. The van der Waals surface area contributed by atoms with Gasteiger partial charge in [-0.1, -0.05) is 31.5 Å². The Balaban J connectivity index is 1.92. The van der Waals surface area contributed by atoms with E-state index in [9.17, 15) is 9.59 Å². The van der Waals surface area contributed by atoms with Gasteiger partial charge in [0.2, 0.25) is 0 Å². The van der Waals surface area contributed by atoms with Gasteiger partial charge < -0.3 is 15.5 Å². The molecule has 0 aliphatic carbocycles. The van der Waals surface area contributed by atoms with Crippen molar-refractivity contribution in [3.63, 3.8) is 0 Å². The van der Waals surface area contributed by atoms with Crippen molar-refractivity contribution < 1.29 is 9.59 Å². The molecule has 0 bridgehead atoms. The van der Waals surface area contributed by atoms with Gasteiger partial charge in [-0.15, -0.1) is 0 Å². The van der Waals surface area contributed by atoms with E-state index in [4.69, 9.17) is 0 Å². The van der Waals surface area contributed by atoms with Crippen LogP contribution in [0.1, 0.15) is 30.1 Å². The average molecular weight is 325 g/mol. The number of anilines is 2. The normalized spacial score (nSPS) is 10.1. The van der Waals surface area contributed by atoms with Crippen LogP contribution in [0, 0.1) is 0 Å². The molecule has 0 aliphatic heterocycles. The molecular weight excluding hydrogens is 302 g/mol. The Morgan fingerprint density at radius 1 is 0.917 bits per heavy atom. The van der Waals surface area contributed by atoms with Crippen LogP contribution in [0.25, 0.3) is 0 Å². The number of para-hydroxylation sites is 1. The smallest absolute Gasteiger partial charge is 0.323 e. The molecule has 0 unspecified atom stereocenters. The fraction of sp³-hybridized carbons (Fsp3) is 0.263. The lowest BCUT2D eigenvalue weighted by atomic mass is 10.1. The number of nitrogens with zero attached hydrogens (tertiary/aromatic N) is 1. The maximum absolute atomic E-state index is 12.3. The Hall–Kier alpha value is -2.82. The summed E-state index contributed by atoms with van der Waals surface area (Å²) in [5.74, 6) is -0.0104. The molecule has 0 radical (unpaired) electrons. The number of benzene rings is 2. The maximum Gasteiger partial charge on any atom is 0.323 e. The predicted molar refractivity (Wildman–Crippen MR) is 97.4 cm³/mol. The molecule has 2 N–H and O–H groups in total. The zero-order valence-corrected chi connectivity index (χ0v) is 14.1. The maximum atomic E-state index is 12.3. The van der Waals surface area contributed by atoms with Crippen LogP contribution >= 0.6 is 0 Å². The van der Waals surface area contributed by atoms with E-state index >= 15 is 0 Å². The van der Waals surface area contributed by atoms with Gasteiger partial charge in [0.15, 0.2) is 0 Å². The van der Waals surface area contributed by atoms with Gasteiger partial charge in [0.1, 0.15) is 0 Å². The van der Waals surface area contributed by atoms with E-state index in [1.54, 1.807) is 36.2 Å². The molecule has 2 aromatic carbocycles. The van der Waals surface area contributed by atoms with Crippen molar-refractivity contribution in [3.05, 3.63) is 60.2 Å². The van der Waals surface area contributed by atoms with Crippen molar-refractivity contribution in [3.8, 4) is 0 Å². The largest absolute Gasteiger partial charge is 0.342 e. The van der Waals surface area contributed by atoms with Gasteiger partial charge in [0.25, 0.3) is 5.91 Å². The second kappa shape index (κ2) is 8.72. The monoisotopic (exact) mass is 325 g/mol. The molecule has 24 heavy (non-hydrogen) atoms. The highest BCUT2D eigenvalue weighted by molar-refractivity contribution is 6.00. The third-order valence-corrected chi connectivity index (χ3v) is 3.62. The number of carbonyl (C=O) groups is 2. The Bertz CT molecular complexity index is 669. The molecule has 0 aliphatic rings. The summed E-state index contributed by atoms with van der Waals surface area (Å²) in [4.78, 5) is 25.9. The summed E-state index contributed by atoms with van der Waals surface area (Å²) in [6, 6.07) is 15.8. The average Bonchev–Trinajstić information content (AvgIpc) is 2.60. The number of hydrogen-bond donors (Lipinski definition) is 2. The number of amides is 3. The van der Waals surface area contributed by atoms with Crippen LogP contribution in [0.5, 0.6) is 0 Å². The van der Waals surface area contributed by atoms with Crippen LogP contribution in [0.4, 0.5) is 16.2 Å². The zero-order chi connectivity index (χ0) is 17.4. The molecular formula is C19H23N3O2. The summed E-state index contributed by atoms with van der Waals surface area (Å²) < 4.78 is 0. The first-order valence-corrected chi connectivity index (χ1v) is 8.08. The predicted octanol–water partition coefficient (Wildman–Crippen LogP) is 4.20. The van der Waals surface area contributed by atoms with Crippen LogP contribution in [0.2, 0.25) is 0 Å². The SMILES string of the molecule is CCCCN(C)C(=O)c1ccc(NC(=O)Nc2ccccc2)cc1. The highest BCUT2D eigenvalue weighted by Crippen LogP contribution is 2.13. The van der Waals surface area contributed by atoms with Crippen molar-refractivity contribution in [1.82, 2.24) is 4.90 Å². The highest BCUT2D eigenvalue weighted by atomic mass is 16.2. The van der Waals surface area contributed by atoms with E-state index in [0.717, 1.165) is 25.1 Å². The van der Waals surface area contributed by atoms with Crippen molar-refractivity contribution >= 4 is 23.3 Å². The number of unbranched alkanes of at least 4 members (excludes halogenated alkanes) is 1. The van der Waals surface area contributed by atoms with E-state index in [-0.39, 0.29) is 11.9 Å². The van der Waals surface area contributed by atoms with E-state index in [2.05, 4.69) is 17.6 Å². The van der Waals surface area contributed by atoms with Gasteiger partial charge in [-0.3, -0.25) is 4.79 Å². The fourth-order valence-electron chi connectivity index (χ4n) is 2.23. The molecule has 0 fully saturated rings. The van der Waals surface area contributed by atoms with E-state index in [1.807, 2.05) is 30.3 Å². The minimum absolute atomic E-state index is 0.0104. The van der Waals surface area contributed by atoms with Gasteiger partial charge in [-0.2, -0.15) is 0 Å². The van der Waals surface area contributed by atoms with Crippen molar-refractivity contribution in [2.75, 3.05) is 24.2 Å². The number of nitrogens with one attached hydrogen (secondary N) is 2. The molecule has 0 spiro atoms. The molecule has 5 heteroatoms. The highest BCUT2D eigenvalue weighted by Gasteiger charge is 2.11. The number of urea groups is 1. The van der Waals surface area contributed by atoms with E-state index in [1.165, 1.54) is 0 Å². The van der Waals surface area contributed by atoms with Crippen molar-refractivity contribution in [1.29, 1.82) is 0 Å². The number of carbonyl (C=O) groups excluding carboxylic acids is 2. The molecule has 2 aromatic rings. The summed E-state index contributed by atoms with van der Waals surface area (Å²) >= 11 is 0. The number of rotatable bonds is 6. The van der Waals surface area contributed by atoms with Crippen molar-refractivity contribution in [2.24, 2.45) is 0 Å². The van der Waals surface area contributed by atoms with Gasteiger partial charge in [0.05, 0.1) is 0 Å². The quantitative estimate of drug-likeness (QED) is 0.836. The standard InChI is InChI=1S/C19H23N3O2/c1-3-4-14-22(2)18(23)15-10-12-17(13-11-15)21-19(24)20-16-8-6-5-7-9-16/h5-13H,3-4,14H2,1-2H3,(H2,20,21,24). The third-order valence-electron chi connectivity index (χ3n) is 3.62. The lowest BCUT2D eigenvalue weighted by Crippen LogP contribution is -2.27. The molecule has 126 valence electrons. The van der Waals surface area contributed by atoms with E-state index < -0.39 is 0 Å². The Kier molecular flexibility index (Phi) is 6.37. The Morgan fingerprint density at radius 3 is 2.08 bits per heavy atom. The lowest BCUT2D eigenvalue weighted by molar-refractivity contribution is 0.0793. The second-order valence-electron chi connectivity index (χ2n) is 5.60. The summed E-state index contributed by atoms with van der Waals surface area (Å²) in [5.41, 5.74) is 1.97. The topological polar surface area (TPSA) is 61.4 Å².